The van der Waals surface area contributed by atoms with Gasteiger partial charge in [0.05, 0.1) is 5.02 Å². The average Bonchev–Trinajstić information content (AvgIpc) is 2.70. The lowest BCUT2D eigenvalue weighted by molar-refractivity contribution is 0.383. The number of aromatic nitrogens is 3. The molecule has 78 valence electrons. The van der Waals surface area contributed by atoms with Crippen LogP contribution in [-0.2, 0) is 6.42 Å². The predicted molar refractivity (Wildman–Crippen MR) is 56.9 cm³/mol. The average molecular weight is 244 g/mol. The van der Waals surface area contributed by atoms with Crippen molar-refractivity contribution in [3.8, 4) is 11.4 Å². The second kappa shape index (κ2) is 4.16. The van der Waals surface area contributed by atoms with E-state index in [1.807, 2.05) is 6.92 Å². The fourth-order valence-electron chi connectivity index (χ4n) is 1.06. The summed E-state index contributed by atoms with van der Waals surface area (Å²) in [4.78, 5) is 8.05. The van der Waals surface area contributed by atoms with Gasteiger partial charge in [-0.2, -0.15) is 4.98 Å². The van der Waals surface area contributed by atoms with Gasteiger partial charge in [-0.3, -0.25) is 0 Å². The van der Waals surface area contributed by atoms with E-state index in [-0.39, 0.29) is 5.15 Å². The van der Waals surface area contributed by atoms with E-state index in [0.29, 0.717) is 28.7 Å². The monoisotopic (exact) mass is 243 g/mol. The second-order valence-corrected chi connectivity index (χ2v) is 3.63. The molecular weight excluding hydrogens is 237 g/mol. The molecule has 0 bridgehead atoms. The van der Waals surface area contributed by atoms with E-state index in [2.05, 4.69) is 15.1 Å². The molecule has 0 spiro atoms. The van der Waals surface area contributed by atoms with Gasteiger partial charge in [0.2, 0.25) is 11.7 Å². The van der Waals surface area contributed by atoms with Crippen LogP contribution in [0.3, 0.4) is 0 Å². The lowest BCUT2D eigenvalue weighted by Crippen LogP contribution is -1.85. The number of hydrogen-bond donors (Lipinski definition) is 0. The van der Waals surface area contributed by atoms with E-state index >= 15 is 0 Å². The first kappa shape index (κ1) is 10.4. The molecule has 0 amide bonds. The van der Waals surface area contributed by atoms with Crippen molar-refractivity contribution in [1.82, 2.24) is 15.1 Å². The van der Waals surface area contributed by atoms with Crippen LogP contribution < -0.4 is 0 Å². The minimum atomic E-state index is 0.264. The third kappa shape index (κ3) is 2.11. The normalized spacial score (nSPS) is 10.6. The van der Waals surface area contributed by atoms with Crippen LogP contribution in [0.5, 0.6) is 0 Å². The van der Waals surface area contributed by atoms with Crippen LogP contribution in [0.2, 0.25) is 10.2 Å². The molecule has 0 N–H and O–H groups in total. The smallest absolute Gasteiger partial charge is 0.226 e. The van der Waals surface area contributed by atoms with Crippen molar-refractivity contribution in [2.45, 2.75) is 13.3 Å². The molecule has 2 heterocycles. The van der Waals surface area contributed by atoms with Gasteiger partial charge < -0.3 is 4.52 Å². The first-order chi connectivity index (χ1) is 7.20. The first-order valence-corrected chi connectivity index (χ1v) is 5.10. The van der Waals surface area contributed by atoms with E-state index in [1.165, 1.54) is 0 Å². The highest BCUT2D eigenvalue weighted by Gasteiger charge is 2.09. The summed E-state index contributed by atoms with van der Waals surface area (Å²) in [6.45, 7) is 1.93. The van der Waals surface area contributed by atoms with E-state index in [0.717, 1.165) is 0 Å². The van der Waals surface area contributed by atoms with E-state index < -0.39 is 0 Å². The van der Waals surface area contributed by atoms with E-state index in [9.17, 15) is 0 Å². The number of rotatable bonds is 2. The van der Waals surface area contributed by atoms with Crippen molar-refractivity contribution in [3.63, 3.8) is 0 Å². The molecule has 0 fully saturated rings. The fraction of sp³-hybridized carbons (Fsp3) is 0.222. The number of pyridine rings is 1. The molecule has 0 aliphatic heterocycles. The Kier molecular flexibility index (Phi) is 2.88. The first-order valence-electron chi connectivity index (χ1n) is 4.34. The molecule has 0 saturated heterocycles. The largest absolute Gasteiger partial charge is 0.339 e. The topological polar surface area (TPSA) is 51.8 Å². The summed E-state index contributed by atoms with van der Waals surface area (Å²) in [6, 6.07) is 1.65. The van der Waals surface area contributed by atoms with Crippen molar-refractivity contribution in [2.24, 2.45) is 0 Å². The SMILES string of the molecule is CCc1nc(-c2cnc(Cl)c(Cl)c2)no1. The zero-order valence-corrected chi connectivity index (χ0v) is 9.38. The Hall–Kier alpha value is -1.13. The summed E-state index contributed by atoms with van der Waals surface area (Å²) in [5.74, 6) is 1.05. The summed E-state index contributed by atoms with van der Waals surface area (Å²) >= 11 is 11.5. The van der Waals surface area contributed by atoms with Crippen LogP contribution in [0.25, 0.3) is 11.4 Å². The van der Waals surface area contributed by atoms with Crippen LogP contribution in [-0.4, -0.2) is 15.1 Å². The Balaban J connectivity index is 2.40. The number of aryl methyl sites for hydroxylation is 1. The van der Waals surface area contributed by atoms with Crippen LogP contribution in [0, 0.1) is 0 Å². The Morgan fingerprint density at radius 2 is 2.20 bits per heavy atom. The molecule has 15 heavy (non-hydrogen) atoms. The van der Waals surface area contributed by atoms with Gasteiger partial charge in [-0.15, -0.1) is 0 Å². The molecule has 0 atom stereocenters. The minimum absolute atomic E-state index is 0.264. The lowest BCUT2D eigenvalue weighted by Gasteiger charge is -1.96. The Morgan fingerprint density at radius 1 is 1.40 bits per heavy atom. The summed E-state index contributed by atoms with van der Waals surface area (Å²) < 4.78 is 4.97. The molecule has 0 aliphatic carbocycles. The number of halogens is 2. The summed E-state index contributed by atoms with van der Waals surface area (Å²) in [5, 5.41) is 4.44. The molecule has 0 aromatic carbocycles. The van der Waals surface area contributed by atoms with Gasteiger partial charge in [-0.05, 0) is 6.07 Å². The quantitative estimate of drug-likeness (QED) is 0.762. The maximum absolute atomic E-state index is 5.82. The van der Waals surface area contributed by atoms with Crippen LogP contribution >= 0.6 is 23.2 Å². The van der Waals surface area contributed by atoms with E-state index in [1.54, 1.807) is 12.3 Å². The van der Waals surface area contributed by atoms with Crippen LogP contribution in [0.4, 0.5) is 0 Å². The van der Waals surface area contributed by atoms with Gasteiger partial charge >= 0.3 is 0 Å². The maximum Gasteiger partial charge on any atom is 0.226 e. The Morgan fingerprint density at radius 3 is 2.80 bits per heavy atom. The highest BCUT2D eigenvalue weighted by molar-refractivity contribution is 6.41. The molecular formula is C9H7Cl2N3O. The van der Waals surface area contributed by atoms with Crippen molar-refractivity contribution in [3.05, 3.63) is 28.3 Å². The lowest BCUT2D eigenvalue weighted by atomic mass is 10.3. The molecule has 0 radical (unpaired) electrons. The Bertz CT molecular complexity index is 484. The maximum atomic E-state index is 5.82. The molecule has 0 saturated carbocycles. The van der Waals surface area contributed by atoms with Crippen molar-refractivity contribution < 1.29 is 4.52 Å². The number of hydrogen-bond acceptors (Lipinski definition) is 4. The van der Waals surface area contributed by atoms with Gasteiger partial charge in [0.15, 0.2) is 0 Å². The summed E-state index contributed by atoms with van der Waals surface area (Å²) in [6.07, 6.45) is 2.25. The molecule has 2 rings (SSSR count). The zero-order valence-electron chi connectivity index (χ0n) is 7.87. The second-order valence-electron chi connectivity index (χ2n) is 2.86. The summed E-state index contributed by atoms with van der Waals surface area (Å²) in [7, 11) is 0. The molecule has 0 unspecified atom stereocenters. The standard InChI is InChI=1S/C9H7Cl2N3O/c1-2-7-13-9(14-15-7)5-3-6(10)8(11)12-4-5/h3-4H,2H2,1H3. The van der Waals surface area contributed by atoms with Crippen molar-refractivity contribution in [1.29, 1.82) is 0 Å². The van der Waals surface area contributed by atoms with Crippen LogP contribution in [0.1, 0.15) is 12.8 Å². The van der Waals surface area contributed by atoms with Gasteiger partial charge in [0.25, 0.3) is 0 Å². The molecule has 2 aromatic heterocycles. The molecule has 2 aromatic rings. The molecule has 6 heteroatoms. The summed E-state index contributed by atoms with van der Waals surface area (Å²) in [5.41, 5.74) is 0.688. The van der Waals surface area contributed by atoms with Crippen molar-refractivity contribution >= 4 is 23.2 Å². The van der Waals surface area contributed by atoms with Crippen LogP contribution in [0.15, 0.2) is 16.8 Å². The highest BCUT2D eigenvalue weighted by atomic mass is 35.5. The van der Waals surface area contributed by atoms with Crippen molar-refractivity contribution in [2.75, 3.05) is 0 Å². The zero-order chi connectivity index (χ0) is 10.8. The van der Waals surface area contributed by atoms with E-state index in [4.69, 9.17) is 27.7 Å². The minimum Gasteiger partial charge on any atom is -0.339 e. The predicted octanol–water partition coefficient (Wildman–Crippen LogP) is 3.00. The fourth-order valence-corrected chi connectivity index (χ4v) is 1.33. The van der Waals surface area contributed by atoms with Gasteiger partial charge in [0, 0.05) is 18.2 Å². The van der Waals surface area contributed by atoms with Gasteiger partial charge in [-0.25, -0.2) is 4.98 Å². The number of nitrogens with zero attached hydrogens (tertiary/aromatic N) is 3. The van der Waals surface area contributed by atoms with Gasteiger partial charge in [-0.1, -0.05) is 35.3 Å². The Labute approximate surface area is 96.2 Å². The molecule has 0 aliphatic rings. The highest BCUT2D eigenvalue weighted by Crippen LogP contribution is 2.24. The molecule has 4 nitrogen and oxygen atoms in total. The third-order valence-corrected chi connectivity index (χ3v) is 2.51. The third-order valence-electron chi connectivity index (χ3n) is 1.83. The van der Waals surface area contributed by atoms with Gasteiger partial charge in [0.1, 0.15) is 5.15 Å².